The number of carbonyl (C=O) groups is 1. The lowest BCUT2D eigenvalue weighted by molar-refractivity contribution is -0.142. The molecule has 0 fully saturated rings. The van der Waals surface area contributed by atoms with Crippen LogP contribution in [0.1, 0.15) is 17.2 Å². The molecule has 1 atom stereocenters. The number of aliphatic hydroxyl groups excluding tert-OH is 1. The van der Waals surface area contributed by atoms with Crippen LogP contribution in [-0.4, -0.2) is 39.8 Å². The highest BCUT2D eigenvalue weighted by Gasteiger charge is 2.17. The van der Waals surface area contributed by atoms with Gasteiger partial charge in [0.15, 0.2) is 6.61 Å². The van der Waals surface area contributed by atoms with Crippen LogP contribution in [0.5, 0.6) is 5.75 Å². The lowest BCUT2D eigenvalue weighted by atomic mass is 10.1. The first-order valence-electron chi connectivity index (χ1n) is 7.83. The highest BCUT2D eigenvalue weighted by Crippen LogP contribution is 2.18. The summed E-state index contributed by atoms with van der Waals surface area (Å²) in [4.78, 5) is 11.0. The third-order valence-corrected chi connectivity index (χ3v) is 5.05. The number of hydrogen-bond donors (Lipinski definition) is 2. The van der Waals surface area contributed by atoms with Crippen LogP contribution in [-0.2, 0) is 19.6 Å². The van der Waals surface area contributed by atoms with Gasteiger partial charge >= 0.3 is 5.97 Å². The molecular weight excluding hydrogens is 372 g/mol. The number of ether oxygens (including phenoxy) is 2. The molecule has 0 bridgehead atoms. The lowest BCUT2D eigenvalue weighted by Gasteiger charge is -2.13. The maximum atomic E-state index is 12.2. The molecule has 0 spiro atoms. The Bertz CT molecular complexity index is 918. The van der Waals surface area contributed by atoms with E-state index in [2.05, 4.69) is 9.46 Å². The number of nitrogens with zero attached hydrogens (tertiary/aromatic N) is 1. The van der Waals surface area contributed by atoms with E-state index in [-0.39, 0.29) is 18.0 Å². The fourth-order valence-corrected chi connectivity index (χ4v) is 3.12. The van der Waals surface area contributed by atoms with Crippen LogP contribution in [0.25, 0.3) is 0 Å². The first kappa shape index (κ1) is 20.4. The summed E-state index contributed by atoms with van der Waals surface area (Å²) >= 11 is 0. The van der Waals surface area contributed by atoms with E-state index in [0.29, 0.717) is 16.9 Å². The second-order valence-corrected chi connectivity index (χ2v) is 7.20. The van der Waals surface area contributed by atoms with Gasteiger partial charge in [-0.3, -0.25) is 0 Å². The van der Waals surface area contributed by atoms with Crippen molar-refractivity contribution in [3.05, 3.63) is 59.7 Å². The highest BCUT2D eigenvalue weighted by molar-refractivity contribution is 7.89. The van der Waals surface area contributed by atoms with E-state index in [0.717, 1.165) is 0 Å². The molecule has 0 aromatic heterocycles. The van der Waals surface area contributed by atoms with Gasteiger partial charge in [0, 0.05) is 6.54 Å². The number of hydrogen-bond acceptors (Lipinski definition) is 7. The average molecular weight is 390 g/mol. The van der Waals surface area contributed by atoms with Crippen molar-refractivity contribution in [2.75, 3.05) is 20.3 Å². The molecule has 2 aromatic rings. The van der Waals surface area contributed by atoms with Crippen molar-refractivity contribution in [3.8, 4) is 11.8 Å². The Hall–Kier alpha value is -2.93. The number of carbonyl (C=O) groups excluding carboxylic acids is 1. The maximum absolute atomic E-state index is 12.2. The van der Waals surface area contributed by atoms with Gasteiger partial charge in [-0.05, 0) is 42.0 Å². The van der Waals surface area contributed by atoms with Crippen molar-refractivity contribution in [1.82, 2.24) is 4.72 Å². The van der Waals surface area contributed by atoms with Gasteiger partial charge in [-0.15, -0.1) is 0 Å². The highest BCUT2D eigenvalue weighted by atomic mass is 32.2. The topological polar surface area (TPSA) is 126 Å². The summed E-state index contributed by atoms with van der Waals surface area (Å²) in [5.41, 5.74) is 0.825. The molecule has 0 saturated heterocycles. The van der Waals surface area contributed by atoms with Gasteiger partial charge < -0.3 is 14.6 Å². The summed E-state index contributed by atoms with van der Waals surface area (Å²) < 4.78 is 36.4. The van der Waals surface area contributed by atoms with Gasteiger partial charge in [-0.2, -0.15) is 5.26 Å². The van der Waals surface area contributed by atoms with Crippen molar-refractivity contribution in [2.45, 2.75) is 11.0 Å². The SMILES string of the molecule is COC(=O)COc1ccc(C(O)CNS(=O)(=O)c2ccc(C#N)cc2)cc1. The normalized spacial score (nSPS) is 12.0. The number of nitrogens with one attached hydrogen (secondary N) is 1. The van der Waals surface area contributed by atoms with Crippen LogP contribution in [0, 0.1) is 11.3 Å². The molecule has 2 N–H and O–H groups in total. The average Bonchev–Trinajstić information content (AvgIpc) is 2.70. The number of esters is 1. The molecule has 8 nitrogen and oxygen atoms in total. The molecule has 0 aliphatic rings. The molecular formula is C18H18N2O6S. The van der Waals surface area contributed by atoms with Gasteiger partial charge in [0.25, 0.3) is 0 Å². The summed E-state index contributed by atoms with van der Waals surface area (Å²) in [6, 6.07) is 13.6. The summed E-state index contributed by atoms with van der Waals surface area (Å²) in [6.45, 7) is -0.465. The Morgan fingerprint density at radius 2 is 1.81 bits per heavy atom. The number of sulfonamides is 1. The van der Waals surface area contributed by atoms with E-state index in [4.69, 9.17) is 10.00 Å². The molecule has 0 heterocycles. The predicted molar refractivity (Wildman–Crippen MR) is 95.3 cm³/mol. The Kier molecular flexibility index (Phi) is 6.90. The van der Waals surface area contributed by atoms with Crippen LogP contribution in [0.15, 0.2) is 53.4 Å². The third kappa shape index (κ3) is 5.79. The van der Waals surface area contributed by atoms with E-state index in [9.17, 15) is 18.3 Å². The number of aliphatic hydroxyl groups is 1. The number of benzene rings is 2. The lowest BCUT2D eigenvalue weighted by Crippen LogP contribution is -2.28. The Morgan fingerprint density at radius 1 is 1.19 bits per heavy atom. The molecule has 0 radical (unpaired) electrons. The fraction of sp³-hybridized carbons (Fsp3) is 0.222. The smallest absolute Gasteiger partial charge is 0.343 e. The Balaban J connectivity index is 1.95. The molecule has 0 aliphatic carbocycles. The van der Waals surface area contributed by atoms with Gasteiger partial charge in [0.2, 0.25) is 10.0 Å². The van der Waals surface area contributed by atoms with E-state index in [1.54, 1.807) is 24.3 Å². The van der Waals surface area contributed by atoms with Crippen LogP contribution in [0.3, 0.4) is 0 Å². The van der Waals surface area contributed by atoms with Crippen molar-refractivity contribution in [2.24, 2.45) is 0 Å². The minimum absolute atomic E-state index is 0.000239. The molecule has 2 rings (SSSR count). The fourth-order valence-electron chi connectivity index (χ4n) is 2.09. The summed E-state index contributed by atoms with van der Waals surface area (Å²) in [7, 11) is -2.56. The largest absolute Gasteiger partial charge is 0.482 e. The minimum Gasteiger partial charge on any atom is -0.482 e. The molecule has 9 heteroatoms. The zero-order valence-electron chi connectivity index (χ0n) is 14.5. The molecule has 0 aliphatic heterocycles. The Morgan fingerprint density at radius 3 is 2.37 bits per heavy atom. The first-order valence-corrected chi connectivity index (χ1v) is 9.31. The van der Waals surface area contributed by atoms with Gasteiger partial charge in [-0.25, -0.2) is 17.9 Å². The van der Waals surface area contributed by atoms with Crippen LogP contribution in [0.4, 0.5) is 0 Å². The van der Waals surface area contributed by atoms with Gasteiger partial charge in [0.1, 0.15) is 5.75 Å². The quantitative estimate of drug-likeness (QED) is 0.647. The van der Waals surface area contributed by atoms with E-state index in [1.165, 1.54) is 31.4 Å². The van der Waals surface area contributed by atoms with Crippen molar-refractivity contribution in [3.63, 3.8) is 0 Å². The zero-order valence-corrected chi connectivity index (χ0v) is 15.3. The minimum atomic E-state index is -3.81. The van der Waals surface area contributed by atoms with Crippen molar-refractivity contribution < 1.29 is 27.8 Å². The maximum Gasteiger partial charge on any atom is 0.343 e. The first-order chi connectivity index (χ1) is 12.9. The van der Waals surface area contributed by atoms with E-state index < -0.39 is 22.1 Å². The Labute approximate surface area is 157 Å². The second kappa shape index (κ2) is 9.14. The summed E-state index contributed by atoms with van der Waals surface area (Å²) in [6.07, 6.45) is -1.08. The molecule has 0 amide bonds. The van der Waals surface area contributed by atoms with Crippen molar-refractivity contribution in [1.29, 1.82) is 5.26 Å². The second-order valence-electron chi connectivity index (χ2n) is 5.44. The standard InChI is InChI=1S/C18H18N2O6S/c1-25-18(22)12-26-15-6-4-14(5-7-15)17(21)11-20-27(23,24)16-8-2-13(10-19)3-9-16/h2-9,17,20-21H,11-12H2,1H3. The number of methoxy groups -OCH3 is 1. The molecule has 1 unspecified atom stereocenters. The molecule has 0 saturated carbocycles. The monoisotopic (exact) mass is 390 g/mol. The van der Waals surface area contributed by atoms with Crippen LogP contribution >= 0.6 is 0 Å². The van der Waals surface area contributed by atoms with Crippen LogP contribution < -0.4 is 9.46 Å². The number of rotatable bonds is 8. The van der Waals surface area contributed by atoms with Gasteiger partial charge in [0.05, 0.1) is 29.7 Å². The van der Waals surface area contributed by atoms with E-state index in [1.807, 2.05) is 6.07 Å². The zero-order chi connectivity index (χ0) is 19.9. The summed E-state index contributed by atoms with van der Waals surface area (Å²) in [5, 5.41) is 18.9. The van der Waals surface area contributed by atoms with Gasteiger partial charge in [-0.1, -0.05) is 12.1 Å². The predicted octanol–water partition coefficient (Wildman–Crippen LogP) is 1.12. The summed E-state index contributed by atoms with van der Waals surface area (Å²) in [5.74, 6) is -0.106. The molecule has 142 valence electrons. The van der Waals surface area contributed by atoms with Crippen molar-refractivity contribution >= 4 is 16.0 Å². The molecule has 2 aromatic carbocycles. The molecule has 27 heavy (non-hydrogen) atoms. The third-order valence-electron chi connectivity index (χ3n) is 3.61. The van der Waals surface area contributed by atoms with E-state index >= 15 is 0 Å². The number of nitriles is 1. The van der Waals surface area contributed by atoms with Crippen LogP contribution in [0.2, 0.25) is 0 Å².